The molecule has 11 heteroatoms. The maximum atomic E-state index is 13.3. The first-order chi connectivity index (χ1) is 15.2. The molecule has 0 spiro atoms. The average molecular weight is 460 g/mol. The Morgan fingerprint density at radius 3 is 2.41 bits per heavy atom. The second-order valence-corrected chi connectivity index (χ2v) is 8.77. The molecule has 0 saturated carbocycles. The van der Waals surface area contributed by atoms with E-state index in [1.54, 1.807) is 12.1 Å². The Kier molecular flexibility index (Phi) is 7.01. The smallest absolute Gasteiger partial charge is 0.331 e. The molecule has 1 heterocycles. The summed E-state index contributed by atoms with van der Waals surface area (Å²) in [7, 11) is -2.55. The molecule has 9 nitrogen and oxygen atoms in total. The first-order valence-corrected chi connectivity index (χ1v) is 11.0. The molecule has 2 aromatic carbocycles. The predicted octanol–water partition coefficient (Wildman–Crippen LogP) is 0.481. The topological polar surface area (TPSA) is 119 Å². The summed E-state index contributed by atoms with van der Waals surface area (Å²) in [5, 5.41) is 2.61. The van der Waals surface area contributed by atoms with Gasteiger partial charge >= 0.3 is 5.69 Å². The van der Waals surface area contributed by atoms with Crippen LogP contribution in [0.3, 0.4) is 0 Å². The van der Waals surface area contributed by atoms with E-state index >= 15 is 0 Å². The summed E-state index contributed by atoms with van der Waals surface area (Å²) in [4.78, 5) is 35.6. The van der Waals surface area contributed by atoms with Crippen molar-refractivity contribution < 1.29 is 17.6 Å². The Bertz CT molecular complexity index is 1360. The third kappa shape index (κ3) is 5.77. The number of halogens is 1. The van der Waals surface area contributed by atoms with Gasteiger partial charge in [0.25, 0.3) is 5.56 Å². The maximum Gasteiger partial charge on any atom is 0.331 e. The van der Waals surface area contributed by atoms with Crippen molar-refractivity contribution >= 4 is 15.9 Å². The number of sulfonamides is 1. The molecule has 3 rings (SSSR count). The van der Waals surface area contributed by atoms with Crippen LogP contribution in [0.1, 0.15) is 11.1 Å². The van der Waals surface area contributed by atoms with Gasteiger partial charge in [0.05, 0.1) is 4.90 Å². The molecule has 1 aromatic heterocycles. The van der Waals surface area contributed by atoms with E-state index in [2.05, 4.69) is 10.0 Å². The SMILES string of the molecule is Cn1c(=O)ccn(CC(=O)NCc2cccc(S(=O)(=O)NCc3cccc(F)c3)c2)c1=O. The van der Waals surface area contributed by atoms with Crippen LogP contribution in [0.25, 0.3) is 0 Å². The Balaban J connectivity index is 1.63. The first kappa shape index (κ1) is 23.1. The number of hydrogen-bond acceptors (Lipinski definition) is 5. The number of hydrogen-bond donors (Lipinski definition) is 2. The van der Waals surface area contributed by atoms with Crippen LogP contribution in [0.4, 0.5) is 4.39 Å². The van der Waals surface area contributed by atoms with Crippen molar-refractivity contribution in [2.45, 2.75) is 24.5 Å². The highest BCUT2D eigenvalue weighted by Crippen LogP contribution is 2.13. The number of benzene rings is 2. The number of rotatable bonds is 8. The molecular formula is C21H21FN4O5S. The molecule has 1 amide bonds. The van der Waals surface area contributed by atoms with Crippen LogP contribution >= 0.6 is 0 Å². The lowest BCUT2D eigenvalue weighted by Crippen LogP contribution is -2.40. The summed E-state index contributed by atoms with van der Waals surface area (Å²) in [6, 6.07) is 12.8. The summed E-state index contributed by atoms with van der Waals surface area (Å²) in [5.74, 6) is -0.942. The number of amides is 1. The van der Waals surface area contributed by atoms with Crippen molar-refractivity contribution in [3.63, 3.8) is 0 Å². The monoisotopic (exact) mass is 460 g/mol. The summed E-state index contributed by atoms with van der Waals surface area (Å²) in [6.07, 6.45) is 1.24. The zero-order chi connectivity index (χ0) is 23.3. The van der Waals surface area contributed by atoms with Gasteiger partial charge in [-0.15, -0.1) is 0 Å². The highest BCUT2D eigenvalue weighted by molar-refractivity contribution is 7.89. The Morgan fingerprint density at radius 1 is 1.00 bits per heavy atom. The van der Waals surface area contributed by atoms with Gasteiger partial charge in [-0.25, -0.2) is 22.3 Å². The summed E-state index contributed by atoms with van der Waals surface area (Å²) < 4.78 is 42.8. The lowest BCUT2D eigenvalue weighted by Gasteiger charge is -2.10. The molecule has 0 atom stereocenters. The highest BCUT2D eigenvalue weighted by Gasteiger charge is 2.15. The van der Waals surface area contributed by atoms with Crippen LogP contribution in [0, 0.1) is 5.82 Å². The van der Waals surface area contributed by atoms with E-state index in [4.69, 9.17) is 0 Å². The second-order valence-electron chi connectivity index (χ2n) is 7.00. The molecule has 0 saturated heterocycles. The van der Waals surface area contributed by atoms with Crippen LogP contribution in [0.5, 0.6) is 0 Å². The maximum absolute atomic E-state index is 13.3. The summed E-state index contributed by atoms with van der Waals surface area (Å²) >= 11 is 0. The van der Waals surface area contributed by atoms with Crippen molar-refractivity contribution in [3.8, 4) is 0 Å². The normalized spacial score (nSPS) is 11.3. The van der Waals surface area contributed by atoms with E-state index in [0.717, 1.165) is 9.13 Å². The Hall–Kier alpha value is -3.57. The molecule has 3 aromatic rings. The fraction of sp³-hybridized carbons (Fsp3) is 0.190. The van der Waals surface area contributed by atoms with Gasteiger partial charge in [-0.05, 0) is 35.4 Å². The van der Waals surface area contributed by atoms with Crippen molar-refractivity contribution in [2.75, 3.05) is 0 Å². The fourth-order valence-corrected chi connectivity index (χ4v) is 3.97. The number of carbonyl (C=O) groups is 1. The minimum absolute atomic E-state index is 0.00469. The van der Waals surface area contributed by atoms with Crippen molar-refractivity contribution in [1.82, 2.24) is 19.2 Å². The molecule has 0 unspecified atom stereocenters. The molecule has 2 N–H and O–H groups in total. The minimum atomic E-state index is -3.86. The quantitative estimate of drug-likeness (QED) is 0.507. The van der Waals surface area contributed by atoms with Gasteiger partial charge < -0.3 is 5.32 Å². The fourth-order valence-electron chi connectivity index (χ4n) is 2.88. The molecule has 0 aliphatic heterocycles. The molecule has 168 valence electrons. The average Bonchev–Trinajstić information content (AvgIpc) is 2.77. The van der Waals surface area contributed by atoms with E-state index in [1.807, 2.05) is 0 Å². The third-order valence-corrected chi connectivity index (χ3v) is 6.03. The van der Waals surface area contributed by atoms with Crippen LogP contribution in [0.2, 0.25) is 0 Å². The van der Waals surface area contributed by atoms with Gasteiger partial charge in [-0.2, -0.15) is 0 Å². The molecule has 0 radical (unpaired) electrons. The summed E-state index contributed by atoms with van der Waals surface area (Å²) in [5.41, 5.74) is -0.0914. The largest absolute Gasteiger partial charge is 0.350 e. The zero-order valence-corrected chi connectivity index (χ0v) is 17.9. The van der Waals surface area contributed by atoms with Gasteiger partial charge in [-0.3, -0.25) is 18.7 Å². The highest BCUT2D eigenvalue weighted by atomic mass is 32.2. The third-order valence-electron chi connectivity index (χ3n) is 4.63. The number of aromatic nitrogens is 2. The van der Waals surface area contributed by atoms with E-state index < -0.39 is 33.0 Å². The van der Waals surface area contributed by atoms with Crippen LogP contribution in [0.15, 0.2) is 75.3 Å². The van der Waals surface area contributed by atoms with Crippen LogP contribution in [-0.2, 0) is 41.5 Å². The van der Waals surface area contributed by atoms with Gasteiger partial charge in [-0.1, -0.05) is 24.3 Å². The van der Waals surface area contributed by atoms with Gasteiger partial charge in [0.1, 0.15) is 12.4 Å². The lowest BCUT2D eigenvalue weighted by molar-refractivity contribution is -0.121. The van der Waals surface area contributed by atoms with E-state index in [1.165, 1.54) is 55.7 Å². The predicted molar refractivity (Wildman–Crippen MR) is 115 cm³/mol. The number of nitrogens with one attached hydrogen (secondary N) is 2. The molecule has 0 bridgehead atoms. The van der Waals surface area contributed by atoms with Gasteiger partial charge in [0, 0.05) is 32.4 Å². The molecule has 32 heavy (non-hydrogen) atoms. The van der Waals surface area contributed by atoms with Crippen molar-refractivity contribution in [3.05, 3.63) is 98.6 Å². The first-order valence-electron chi connectivity index (χ1n) is 9.52. The molecular weight excluding hydrogens is 439 g/mol. The number of nitrogens with zero attached hydrogens (tertiary/aromatic N) is 2. The molecule has 0 fully saturated rings. The van der Waals surface area contributed by atoms with E-state index in [-0.39, 0.29) is 24.5 Å². The van der Waals surface area contributed by atoms with Gasteiger partial charge in [0.2, 0.25) is 15.9 Å². The molecule has 0 aliphatic rings. The summed E-state index contributed by atoms with van der Waals surface area (Å²) in [6.45, 7) is -0.331. The molecule has 0 aliphatic carbocycles. The second kappa shape index (κ2) is 9.71. The Morgan fingerprint density at radius 2 is 1.69 bits per heavy atom. The van der Waals surface area contributed by atoms with Crippen molar-refractivity contribution in [2.24, 2.45) is 7.05 Å². The van der Waals surface area contributed by atoms with Crippen LogP contribution in [-0.4, -0.2) is 23.5 Å². The standard InChI is InChI=1S/C21H21FN4O5S/c1-25-20(28)8-9-26(21(25)29)14-19(27)23-12-16-5-3-7-18(11-16)32(30,31)24-13-15-4-2-6-17(22)10-15/h2-11,24H,12-14H2,1H3,(H,23,27). The minimum Gasteiger partial charge on any atom is -0.350 e. The van der Waals surface area contributed by atoms with E-state index in [0.29, 0.717) is 11.1 Å². The number of carbonyl (C=O) groups excluding carboxylic acids is 1. The lowest BCUT2D eigenvalue weighted by atomic mass is 10.2. The van der Waals surface area contributed by atoms with Crippen molar-refractivity contribution in [1.29, 1.82) is 0 Å². The van der Waals surface area contributed by atoms with E-state index in [9.17, 15) is 27.2 Å². The Labute approximate surface area is 183 Å². The zero-order valence-electron chi connectivity index (χ0n) is 17.1. The van der Waals surface area contributed by atoms with Crippen LogP contribution < -0.4 is 21.3 Å². The van der Waals surface area contributed by atoms with Gasteiger partial charge in [0.15, 0.2) is 0 Å².